The van der Waals surface area contributed by atoms with E-state index in [1.54, 1.807) is 10.8 Å². The minimum atomic E-state index is -0.0429. The van der Waals surface area contributed by atoms with Gasteiger partial charge in [-0.15, -0.1) is 10.2 Å². The number of hydrogen-bond donors (Lipinski definition) is 1. The molecule has 4 aromatic rings. The van der Waals surface area contributed by atoms with Crippen LogP contribution in [0.5, 0.6) is 0 Å². The van der Waals surface area contributed by atoms with Crippen LogP contribution in [0.4, 0.5) is 0 Å². The maximum Gasteiger partial charge on any atom is 0.329 e. The first-order chi connectivity index (χ1) is 15.6. The van der Waals surface area contributed by atoms with Gasteiger partial charge in [0.05, 0.1) is 12.2 Å². The molecule has 1 N–H and O–H groups in total. The number of hydrogen-bond acceptors (Lipinski definition) is 5. The Kier molecular flexibility index (Phi) is 6.80. The first-order valence-corrected chi connectivity index (χ1v) is 11.3. The Labute approximate surface area is 191 Å². The lowest BCUT2D eigenvalue weighted by atomic mass is 10.0. The Morgan fingerprint density at radius 3 is 2.56 bits per heavy atom. The highest BCUT2D eigenvalue weighted by Gasteiger charge is 2.18. The molecule has 0 spiro atoms. The van der Waals surface area contributed by atoms with Gasteiger partial charge in [-0.3, -0.25) is 14.1 Å². The highest BCUT2D eigenvalue weighted by atomic mass is 35.5. The number of unbranched alkanes of at least 4 members (excludes halogenated alkanes) is 1. The third-order valence-electron chi connectivity index (χ3n) is 5.45. The second-order valence-electron chi connectivity index (χ2n) is 7.69. The van der Waals surface area contributed by atoms with Crippen molar-refractivity contribution < 1.29 is 0 Å². The lowest BCUT2D eigenvalue weighted by molar-refractivity contribution is 0.618. The Morgan fingerprint density at radius 2 is 1.88 bits per heavy atom. The van der Waals surface area contributed by atoms with Crippen molar-refractivity contribution in [3.05, 3.63) is 69.5 Å². The average Bonchev–Trinajstić information content (AvgIpc) is 3.43. The van der Waals surface area contributed by atoms with E-state index in [1.807, 2.05) is 47.9 Å². The summed E-state index contributed by atoms with van der Waals surface area (Å²) in [4.78, 5) is 17.5. The third kappa shape index (κ3) is 4.36. The van der Waals surface area contributed by atoms with Crippen molar-refractivity contribution in [2.24, 2.45) is 0 Å². The Bertz CT molecular complexity index is 1230. The molecule has 0 aliphatic heterocycles. The van der Waals surface area contributed by atoms with Crippen LogP contribution in [-0.4, -0.2) is 34.7 Å². The van der Waals surface area contributed by atoms with Crippen LogP contribution >= 0.6 is 11.6 Å². The number of rotatable bonds is 9. The number of nitrogens with zero attached hydrogens (tertiary/aromatic N) is 6. The maximum atomic E-state index is 13.0. The number of halogens is 1. The third-order valence-corrected chi connectivity index (χ3v) is 5.87. The van der Waals surface area contributed by atoms with Gasteiger partial charge in [-0.25, -0.2) is 4.79 Å². The number of H-pyrrole nitrogens is 1. The van der Waals surface area contributed by atoms with Crippen LogP contribution in [0.1, 0.15) is 44.4 Å². The molecule has 32 heavy (non-hydrogen) atoms. The molecule has 0 unspecified atom stereocenters. The zero-order valence-corrected chi connectivity index (χ0v) is 19.0. The summed E-state index contributed by atoms with van der Waals surface area (Å²) >= 11 is 6.60. The number of tetrazole rings is 1. The highest BCUT2D eigenvalue weighted by molar-refractivity contribution is 6.30. The van der Waals surface area contributed by atoms with Gasteiger partial charge in [-0.1, -0.05) is 62.2 Å². The molecule has 1 aromatic carbocycles. The summed E-state index contributed by atoms with van der Waals surface area (Å²) in [5, 5.41) is 14.8. The molecule has 4 rings (SSSR count). The molecule has 0 aliphatic carbocycles. The lowest BCUT2D eigenvalue weighted by Gasteiger charge is -2.10. The zero-order chi connectivity index (χ0) is 22.5. The summed E-state index contributed by atoms with van der Waals surface area (Å²) in [5.74, 6) is 0.448. The van der Waals surface area contributed by atoms with E-state index >= 15 is 0 Å². The van der Waals surface area contributed by atoms with Gasteiger partial charge < -0.3 is 0 Å². The molecule has 0 atom stereocenters. The number of nitrogens with one attached hydrogen (secondary N) is 1. The summed E-state index contributed by atoms with van der Waals surface area (Å²) in [7, 11) is 0. The first kappa shape index (κ1) is 22.0. The van der Waals surface area contributed by atoms with Gasteiger partial charge in [-0.05, 0) is 41.7 Å². The van der Waals surface area contributed by atoms with Gasteiger partial charge in [-0.2, -0.15) is 5.21 Å². The van der Waals surface area contributed by atoms with E-state index in [4.69, 9.17) is 11.6 Å². The minimum absolute atomic E-state index is 0.0429. The van der Waals surface area contributed by atoms with Crippen molar-refractivity contribution in [2.75, 3.05) is 0 Å². The number of aromatic nitrogens is 7. The zero-order valence-electron chi connectivity index (χ0n) is 18.3. The van der Waals surface area contributed by atoms with E-state index in [2.05, 4.69) is 32.5 Å². The Morgan fingerprint density at radius 1 is 1.06 bits per heavy atom. The molecule has 0 radical (unpaired) electrons. The van der Waals surface area contributed by atoms with E-state index in [0.717, 1.165) is 48.1 Å². The summed E-state index contributed by atoms with van der Waals surface area (Å²) in [6.45, 7) is 5.30. The van der Waals surface area contributed by atoms with E-state index < -0.39 is 0 Å². The van der Waals surface area contributed by atoms with Crippen molar-refractivity contribution in [1.29, 1.82) is 0 Å². The molecule has 9 heteroatoms. The fourth-order valence-corrected chi connectivity index (χ4v) is 4.18. The van der Waals surface area contributed by atoms with Crippen LogP contribution in [0.3, 0.4) is 0 Å². The molecule has 8 nitrogen and oxygen atoms in total. The Hall–Kier alpha value is -3.26. The van der Waals surface area contributed by atoms with Gasteiger partial charge in [0, 0.05) is 18.3 Å². The van der Waals surface area contributed by atoms with Crippen molar-refractivity contribution in [1.82, 2.24) is 34.7 Å². The highest BCUT2D eigenvalue weighted by Crippen LogP contribution is 2.28. The molecular formula is C23H26ClN7O. The fraction of sp³-hybridized carbons (Fsp3) is 0.348. The molecule has 3 heterocycles. The lowest BCUT2D eigenvalue weighted by Crippen LogP contribution is -2.25. The molecular weight excluding hydrogens is 426 g/mol. The van der Waals surface area contributed by atoms with E-state index in [9.17, 15) is 4.79 Å². The standard InChI is InChI=1S/C23H26ClN7O/c1-3-5-8-19-21(24)30(14-4-2)23(32)31(19)15-16-9-11-17(12-10-16)18-7-6-13-25-20(18)22-26-28-29-27-22/h6-7,9-13H,3-5,8,14-15H2,1-2H3,(H,26,27,28,29). The number of imidazole rings is 1. The second-order valence-corrected chi connectivity index (χ2v) is 8.05. The fourth-order valence-electron chi connectivity index (χ4n) is 3.83. The molecule has 0 aliphatic rings. The molecule has 166 valence electrons. The van der Waals surface area contributed by atoms with E-state index in [-0.39, 0.29) is 5.69 Å². The van der Waals surface area contributed by atoms with Gasteiger partial charge in [0.15, 0.2) is 0 Å². The van der Waals surface area contributed by atoms with Crippen molar-refractivity contribution in [2.45, 2.75) is 52.6 Å². The quantitative estimate of drug-likeness (QED) is 0.408. The predicted octanol–water partition coefficient (Wildman–Crippen LogP) is 4.35. The van der Waals surface area contributed by atoms with E-state index in [1.165, 1.54) is 0 Å². The molecule has 3 aromatic heterocycles. The Balaban J connectivity index is 1.65. The van der Waals surface area contributed by atoms with Gasteiger partial charge >= 0.3 is 5.69 Å². The second kappa shape index (κ2) is 9.91. The van der Waals surface area contributed by atoms with Crippen molar-refractivity contribution >= 4 is 11.6 Å². The van der Waals surface area contributed by atoms with Crippen LogP contribution in [0.25, 0.3) is 22.6 Å². The molecule has 0 bridgehead atoms. The summed E-state index contributed by atoms with van der Waals surface area (Å²) in [6.07, 6.45) is 5.40. The monoisotopic (exact) mass is 451 g/mol. The number of benzene rings is 1. The van der Waals surface area contributed by atoms with Crippen LogP contribution in [-0.2, 0) is 19.5 Å². The van der Waals surface area contributed by atoms with Crippen LogP contribution in [0, 0.1) is 0 Å². The molecule has 0 amide bonds. The smallest absolute Gasteiger partial charge is 0.290 e. The average molecular weight is 452 g/mol. The van der Waals surface area contributed by atoms with Crippen LogP contribution in [0.15, 0.2) is 47.4 Å². The number of aromatic amines is 1. The molecule has 0 fully saturated rings. The van der Waals surface area contributed by atoms with Gasteiger partial charge in [0.1, 0.15) is 10.8 Å². The number of pyridine rings is 1. The van der Waals surface area contributed by atoms with Gasteiger partial charge in [0.2, 0.25) is 5.82 Å². The van der Waals surface area contributed by atoms with Crippen LogP contribution in [0.2, 0.25) is 5.15 Å². The topological polar surface area (TPSA) is 94.3 Å². The normalized spacial score (nSPS) is 11.2. The molecule has 0 saturated carbocycles. The summed E-state index contributed by atoms with van der Waals surface area (Å²) < 4.78 is 3.51. The van der Waals surface area contributed by atoms with Crippen LogP contribution < -0.4 is 5.69 Å². The maximum absolute atomic E-state index is 13.0. The minimum Gasteiger partial charge on any atom is -0.290 e. The molecule has 0 saturated heterocycles. The summed E-state index contributed by atoms with van der Waals surface area (Å²) in [6, 6.07) is 12.0. The van der Waals surface area contributed by atoms with Gasteiger partial charge in [0.25, 0.3) is 0 Å². The van der Waals surface area contributed by atoms with Crippen molar-refractivity contribution in [3.8, 4) is 22.6 Å². The summed E-state index contributed by atoms with van der Waals surface area (Å²) in [5.41, 5.74) is 4.47. The predicted molar refractivity (Wildman–Crippen MR) is 125 cm³/mol. The SMILES string of the molecule is CCCCc1c(Cl)n(CCC)c(=O)n1Cc1ccc(-c2cccnc2-c2nn[nH]n2)cc1. The largest absolute Gasteiger partial charge is 0.329 e. The first-order valence-electron chi connectivity index (χ1n) is 10.9. The van der Waals surface area contributed by atoms with E-state index in [0.29, 0.717) is 29.8 Å². The van der Waals surface area contributed by atoms with Crippen molar-refractivity contribution in [3.63, 3.8) is 0 Å².